The number of unbranched alkanes of at least 4 members (excludes halogenated alkanes) is 10. The zero-order valence-electron chi connectivity index (χ0n) is 15.3. The first-order chi connectivity index (χ1) is 11.0. The van der Waals surface area contributed by atoms with Crippen LogP contribution in [0.25, 0.3) is 0 Å². The van der Waals surface area contributed by atoms with E-state index in [-0.39, 0.29) is 0 Å². The molecule has 0 saturated heterocycles. The van der Waals surface area contributed by atoms with Crippen molar-refractivity contribution in [3.8, 4) is 0 Å². The maximum Gasteiger partial charge on any atom is 0.400 e. The highest BCUT2D eigenvalue weighted by atomic mass is 31.2. The van der Waals surface area contributed by atoms with E-state index in [9.17, 15) is 4.57 Å². The predicted octanol–water partition coefficient (Wildman–Crippen LogP) is 4.30. The fourth-order valence-corrected chi connectivity index (χ4v) is 3.16. The van der Waals surface area contributed by atoms with Crippen molar-refractivity contribution in [2.24, 2.45) is 0 Å². The van der Waals surface area contributed by atoms with Crippen LogP contribution in [0.3, 0.4) is 0 Å². The molecule has 0 amide bonds. The van der Waals surface area contributed by atoms with E-state index >= 15 is 0 Å². The smallest absolute Gasteiger partial charge is 0.313 e. The molecule has 0 aromatic rings. The second kappa shape index (κ2) is 15.6. The summed E-state index contributed by atoms with van der Waals surface area (Å²) in [7, 11) is -1.90. The SMILES string of the molecule is CCCCCCCCCCCCN(C)CCCCNP(=O)(O)O. The van der Waals surface area contributed by atoms with Crippen LogP contribution in [0.2, 0.25) is 0 Å². The molecule has 3 N–H and O–H groups in total. The summed E-state index contributed by atoms with van der Waals surface area (Å²) in [5.74, 6) is 0. The molecule has 0 unspecified atom stereocenters. The van der Waals surface area contributed by atoms with E-state index in [2.05, 4.69) is 24.0 Å². The molecule has 0 aliphatic rings. The molecule has 0 rings (SSSR count). The molecule has 0 aromatic carbocycles. The number of hydrogen-bond acceptors (Lipinski definition) is 2. The molecule has 5 nitrogen and oxygen atoms in total. The summed E-state index contributed by atoms with van der Waals surface area (Å²) < 4.78 is 10.6. The van der Waals surface area contributed by atoms with E-state index in [0.717, 1.165) is 25.9 Å². The molecular weight excluding hydrogens is 311 g/mol. The van der Waals surface area contributed by atoms with Gasteiger partial charge in [0.05, 0.1) is 0 Å². The largest absolute Gasteiger partial charge is 0.400 e. The Morgan fingerprint density at radius 3 is 1.70 bits per heavy atom. The lowest BCUT2D eigenvalue weighted by atomic mass is 10.1. The molecule has 0 aliphatic heterocycles. The molecule has 0 aromatic heterocycles. The minimum absolute atomic E-state index is 0.385. The van der Waals surface area contributed by atoms with Crippen molar-refractivity contribution >= 4 is 7.75 Å². The lowest BCUT2D eigenvalue weighted by molar-refractivity contribution is 0.314. The van der Waals surface area contributed by atoms with Gasteiger partial charge in [0.1, 0.15) is 0 Å². The van der Waals surface area contributed by atoms with Crippen LogP contribution in [0.5, 0.6) is 0 Å². The van der Waals surface area contributed by atoms with Crippen LogP contribution in [0.4, 0.5) is 0 Å². The Balaban J connectivity index is 3.21. The van der Waals surface area contributed by atoms with Crippen LogP contribution >= 0.6 is 7.75 Å². The number of nitrogens with zero attached hydrogens (tertiary/aromatic N) is 1. The maximum atomic E-state index is 10.6. The minimum atomic E-state index is -4.03. The van der Waals surface area contributed by atoms with Gasteiger partial charge in [0.15, 0.2) is 0 Å². The Morgan fingerprint density at radius 1 is 0.783 bits per heavy atom. The summed E-state index contributed by atoms with van der Waals surface area (Å²) in [6, 6.07) is 0. The zero-order chi connectivity index (χ0) is 17.4. The van der Waals surface area contributed by atoms with Crippen molar-refractivity contribution in [3.05, 3.63) is 0 Å². The fourth-order valence-electron chi connectivity index (χ4n) is 2.71. The molecule has 0 saturated carbocycles. The Labute approximate surface area is 143 Å². The van der Waals surface area contributed by atoms with Gasteiger partial charge < -0.3 is 14.7 Å². The monoisotopic (exact) mass is 350 g/mol. The van der Waals surface area contributed by atoms with Gasteiger partial charge in [-0.15, -0.1) is 0 Å². The van der Waals surface area contributed by atoms with E-state index in [1.165, 1.54) is 64.2 Å². The summed E-state index contributed by atoms with van der Waals surface area (Å²) in [6.07, 6.45) is 15.4. The van der Waals surface area contributed by atoms with Gasteiger partial charge in [0.2, 0.25) is 0 Å². The van der Waals surface area contributed by atoms with Crippen LogP contribution < -0.4 is 5.09 Å². The first kappa shape index (κ1) is 23.1. The minimum Gasteiger partial charge on any atom is -0.313 e. The predicted molar refractivity (Wildman–Crippen MR) is 98.6 cm³/mol. The lowest BCUT2D eigenvalue weighted by Gasteiger charge is -2.16. The Morgan fingerprint density at radius 2 is 1.22 bits per heavy atom. The second-order valence-electron chi connectivity index (χ2n) is 6.64. The van der Waals surface area contributed by atoms with Crippen molar-refractivity contribution in [3.63, 3.8) is 0 Å². The van der Waals surface area contributed by atoms with Crippen LogP contribution in [0, 0.1) is 0 Å². The van der Waals surface area contributed by atoms with Crippen molar-refractivity contribution < 1.29 is 14.4 Å². The van der Waals surface area contributed by atoms with Crippen LogP contribution in [-0.4, -0.2) is 41.4 Å². The highest BCUT2D eigenvalue weighted by Gasteiger charge is 2.09. The van der Waals surface area contributed by atoms with E-state index in [1.807, 2.05) is 0 Å². The first-order valence-electron chi connectivity index (χ1n) is 9.45. The third-order valence-corrected chi connectivity index (χ3v) is 4.81. The maximum absolute atomic E-state index is 10.6. The van der Waals surface area contributed by atoms with Crippen molar-refractivity contribution in [1.29, 1.82) is 0 Å². The molecule has 0 atom stereocenters. The van der Waals surface area contributed by atoms with Crippen molar-refractivity contribution in [2.75, 3.05) is 26.7 Å². The normalized spacial score (nSPS) is 12.2. The topological polar surface area (TPSA) is 72.8 Å². The van der Waals surface area contributed by atoms with Gasteiger partial charge >= 0.3 is 7.75 Å². The van der Waals surface area contributed by atoms with Gasteiger partial charge in [-0.25, -0.2) is 9.65 Å². The number of nitrogens with one attached hydrogen (secondary N) is 1. The molecule has 0 spiro atoms. The third-order valence-electron chi connectivity index (χ3n) is 4.18. The third kappa shape index (κ3) is 20.0. The van der Waals surface area contributed by atoms with Crippen LogP contribution in [-0.2, 0) is 4.57 Å². The molecular formula is C17H39N2O3P. The Bertz CT molecular complexity index is 298. The average Bonchev–Trinajstić information content (AvgIpc) is 2.47. The molecule has 0 fully saturated rings. The van der Waals surface area contributed by atoms with E-state index in [0.29, 0.717) is 6.54 Å². The summed E-state index contributed by atoms with van der Waals surface area (Å²) in [5.41, 5.74) is 0. The van der Waals surface area contributed by atoms with E-state index in [4.69, 9.17) is 9.79 Å². The fraction of sp³-hybridized carbons (Fsp3) is 1.00. The summed E-state index contributed by atoms with van der Waals surface area (Å²) >= 11 is 0. The molecule has 0 bridgehead atoms. The molecule has 0 radical (unpaired) electrons. The van der Waals surface area contributed by atoms with Gasteiger partial charge in [0, 0.05) is 6.54 Å². The number of rotatable bonds is 17. The van der Waals surface area contributed by atoms with Crippen LogP contribution in [0.1, 0.15) is 84.0 Å². The molecule has 140 valence electrons. The quantitative estimate of drug-likeness (QED) is 0.269. The zero-order valence-corrected chi connectivity index (χ0v) is 16.2. The average molecular weight is 350 g/mol. The summed E-state index contributed by atoms with van der Waals surface area (Å²) in [4.78, 5) is 19.7. The first-order valence-corrected chi connectivity index (χ1v) is 11.1. The van der Waals surface area contributed by atoms with Gasteiger partial charge in [-0.05, 0) is 39.4 Å². The standard InChI is InChI=1S/C17H39N2O3P/c1-3-4-5-6-7-8-9-10-11-13-16-19(2)17-14-12-15-18-23(20,21)22/h3-17H2,1-2H3,(H3,18,20,21,22). The highest BCUT2D eigenvalue weighted by molar-refractivity contribution is 7.49. The van der Waals surface area contributed by atoms with E-state index in [1.54, 1.807) is 0 Å². The van der Waals surface area contributed by atoms with Crippen LogP contribution in [0.15, 0.2) is 0 Å². The van der Waals surface area contributed by atoms with Gasteiger partial charge in [-0.1, -0.05) is 64.7 Å². The molecule has 23 heavy (non-hydrogen) atoms. The van der Waals surface area contributed by atoms with E-state index < -0.39 is 7.75 Å². The van der Waals surface area contributed by atoms with Gasteiger partial charge in [-0.2, -0.15) is 0 Å². The highest BCUT2D eigenvalue weighted by Crippen LogP contribution is 2.27. The van der Waals surface area contributed by atoms with Gasteiger partial charge in [0.25, 0.3) is 0 Å². The van der Waals surface area contributed by atoms with Gasteiger partial charge in [-0.3, -0.25) is 0 Å². The van der Waals surface area contributed by atoms with Crippen molar-refractivity contribution in [2.45, 2.75) is 84.0 Å². The number of hydrogen-bond donors (Lipinski definition) is 3. The Hall–Kier alpha value is 0.0700. The lowest BCUT2D eigenvalue weighted by Crippen LogP contribution is -2.22. The molecule has 0 aliphatic carbocycles. The summed E-state index contributed by atoms with van der Waals surface area (Å²) in [5, 5.41) is 2.23. The second-order valence-corrected chi connectivity index (χ2v) is 8.05. The van der Waals surface area contributed by atoms with Crippen molar-refractivity contribution in [1.82, 2.24) is 9.99 Å². The molecule has 6 heteroatoms. The summed E-state index contributed by atoms with van der Waals surface area (Å²) in [6.45, 7) is 4.77. The Kier molecular flexibility index (Phi) is 15.6. The molecule has 0 heterocycles.